The van der Waals surface area contributed by atoms with Gasteiger partial charge in [-0.05, 0) is 48.8 Å². The standard InChI is InChI=1S/C12H13ClN2OS/c1-16-12-3-2-8(13)6-10(12)11-7-9(4-5-14)17-15-11/h2-3,6-7H,4-5,14H2,1H3. The summed E-state index contributed by atoms with van der Waals surface area (Å²) in [6.45, 7) is 0.633. The summed E-state index contributed by atoms with van der Waals surface area (Å²) in [7, 11) is 1.64. The van der Waals surface area contributed by atoms with Crippen LogP contribution in [0.2, 0.25) is 5.02 Å². The van der Waals surface area contributed by atoms with Crippen molar-refractivity contribution in [2.75, 3.05) is 13.7 Å². The minimum atomic E-state index is 0.633. The Morgan fingerprint density at radius 2 is 2.24 bits per heavy atom. The third kappa shape index (κ3) is 2.77. The summed E-state index contributed by atoms with van der Waals surface area (Å²) >= 11 is 7.46. The minimum absolute atomic E-state index is 0.633. The number of halogens is 1. The molecule has 2 rings (SSSR count). The van der Waals surface area contributed by atoms with E-state index in [-0.39, 0.29) is 0 Å². The second-order valence-corrected chi connectivity index (χ2v) is 4.89. The van der Waals surface area contributed by atoms with Crippen LogP contribution < -0.4 is 10.5 Å². The lowest BCUT2D eigenvalue weighted by Gasteiger charge is -2.06. The summed E-state index contributed by atoms with van der Waals surface area (Å²) in [5, 5.41) is 0.675. The van der Waals surface area contributed by atoms with Gasteiger partial charge in [0.05, 0.1) is 12.8 Å². The van der Waals surface area contributed by atoms with Crippen molar-refractivity contribution >= 4 is 23.1 Å². The van der Waals surface area contributed by atoms with E-state index in [9.17, 15) is 0 Å². The molecule has 17 heavy (non-hydrogen) atoms. The third-order valence-corrected chi connectivity index (χ3v) is 3.47. The van der Waals surface area contributed by atoms with Crippen molar-refractivity contribution in [2.45, 2.75) is 6.42 Å². The molecule has 0 aliphatic carbocycles. The average Bonchev–Trinajstić information content (AvgIpc) is 2.78. The Morgan fingerprint density at radius 1 is 1.41 bits per heavy atom. The van der Waals surface area contributed by atoms with Crippen LogP contribution in [0.1, 0.15) is 4.88 Å². The molecular weight excluding hydrogens is 256 g/mol. The van der Waals surface area contributed by atoms with E-state index in [1.807, 2.05) is 18.2 Å². The lowest BCUT2D eigenvalue weighted by Crippen LogP contribution is -2.00. The number of hydrogen-bond acceptors (Lipinski definition) is 4. The molecule has 0 amide bonds. The fourth-order valence-corrected chi connectivity index (χ4v) is 2.49. The number of aromatic nitrogens is 1. The molecule has 90 valence electrons. The van der Waals surface area contributed by atoms with Crippen LogP contribution in [0.5, 0.6) is 5.75 Å². The summed E-state index contributed by atoms with van der Waals surface area (Å²) in [5.74, 6) is 0.777. The monoisotopic (exact) mass is 268 g/mol. The molecule has 0 atom stereocenters. The smallest absolute Gasteiger partial charge is 0.128 e. The molecule has 0 bridgehead atoms. The van der Waals surface area contributed by atoms with Crippen LogP contribution in [0.15, 0.2) is 24.3 Å². The Morgan fingerprint density at radius 3 is 2.94 bits per heavy atom. The molecule has 5 heteroatoms. The zero-order valence-corrected chi connectivity index (χ0v) is 11.0. The number of nitrogens with zero attached hydrogens (tertiary/aromatic N) is 1. The quantitative estimate of drug-likeness (QED) is 0.927. The van der Waals surface area contributed by atoms with Gasteiger partial charge in [-0.2, -0.15) is 4.37 Å². The van der Waals surface area contributed by atoms with E-state index in [2.05, 4.69) is 4.37 Å². The minimum Gasteiger partial charge on any atom is -0.496 e. The van der Waals surface area contributed by atoms with Crippen molar-refractivity contribution in [3.8, 4) is 17.0 Å². The highest BCUT2D eigenvalue weighted by Gasteiger charge is 2.10. The molecule has 0 saturated carbocycles. The number of methoxy groups -OCH3 is 1. The van der Waals surface area contributed by atoms with Crippen LogP contribution in [0.25, 0.3) is 11.3 Å². The fraction of sp³-hybridized carbons (Fsp3) is 0.250. The van der Waals surface area contributed by atoms with Crippen LogP contribution in [0, 0.1) is 0 Å². The summed E-state index contributed by atoms with van der Waals surface area (Å²) in [4.78, 5) is 1.17. The van der Waals surface area contributed by atoms with Crippen LogP contribution >= 0.6 is 23.1 Å². The number of ether oxygens (including phenoxy) is 1. The first kappa shape index (κ1) is 12.4. The Bertz CT molecular complexity index is 513. The second kappa shape index (κ2) is 5.49. The van der Waals surface area contributed by atoms with Gasteiger partial charge in [0.1, 0.15) is 5.75 Å². The van der Waals surface area contributed by atoms with Gasteiger partial charge in [0.2, 0.25) is 0 Å². The van der Waals surface area contributed by atoms with E-state index in [1.54, 1.807) is 13.2 Å². The molecule has 0 aliphatic rings. The van der Waals surface area contributed by atoms with Crippen molar-refractivity contribution in [1.29, 1.82) is 0 Å². The van der Waals surface area contributed by atoms with Gasteiger partial charge in [0.25, 0.3) is 0 Å². The first-order chi connectivity index (χ1) is 8.24. The molecule has 3 nitrogen and oxygen atoms in total. The van der Waals surface area contributed by atoms with E-state index in [1.165, 1.54) is 16.4 Å². The van der Waals surface area contributed by atoms with Crippen molar-refractivity contribution in [1.82, 2.24) is 4.37 Å². The Labute approximate surface area is 109 Å². The van der Waals surface area contributed by atoms with Gasteiger partial charge in [0, 0.05) is 15.5 Å². The van der Waals surface area contributed by atoms with Gasteiger partial charge >= 0.3 is 0 Å². The first-order valence-electron chi connectivity index (χ1n) is 5.24. The van der Waals surface area contributed by atoms with Crippen LogP contribution in [0.4, 0.5) is 0 Å². The zero-order valence-electron chi connectivity index (χ0n) is 9.44. The largest absolute Gasteiger partial charge is 0.496 e. The predicted molar refractivity (Wildman–Crippen MR) is 71.9 cm³/mol. The molecule has 2 N–H and O–H groups in total. The lowest BCUT2D eigenvalue weighted by atomic mass is 10.1. The predicted octanol–water partition coefficient (Wildman–Crippen LogP) is 2.97. The summed E-state index contributed by atoms with van der Waals surface area (Å²) in [5.41, 5.74) is 7.32. The van der Waals surface area contributed by atoms with E-state index in [0.717, 1.165) is 23.4 Å². The van der Waals surface area contributed by atoms with Gasteiger partial charge in [-0.1, -0.05) is 11.6 Å². The summed E-state index contributed by atoms with van der Waals surface area (Å²) in [6, 6.07) is 7.55. The number of rotatable bonds is 4. The SMILES string of the molecule is COc1ccc(Cl)cc1-c1cc(CCN)sn1. The topological polar surface area (TPSA) is 48.1 Å². The van der Waals surface area contributed by atoms with Gasteiger partial charge in [-0.3, -0.25) is 0 Å². The summed E-state index contributed by atoms with van der Waals surface area (Å²) < 4.78 is 9.71. The molecular formula is C12H13ClN2OS. The molecule has 1 aromatic heterocycles. The van der Waals surface area contributed by atoms with Crippen LogP contribution in [-0.2, 0) is 6.42 Å². The van der Waals surface area contributed by atoms with E-state index >= 15 is 0 Å². The maximum absolute atomic E-state index is 5.99. The van der Waals surface area contributed by atoms with Gasteiger partial charge in [0.15, 0.2) is 0 Å². The Hall–Kier alpha value is -1.10. The highest BCUT2D eigenvalue weighted by molar-refractivity contribution is 7.06. The molecule has 0 aliphatic heterocycles. The molecule has 2 aromatic rings. The maximum atomic E-state index is 5.99. The van der Waals surface area contributed by atoms with Gasteiger partial charge < -0.3 is 10.5 Å². The van der Waals surface area contributed by atoms with Gasteiger partial charge in [-0.25, -0.2) is 0 Å². The highest BCUT2D eigenvalue weighted by atomic mass is 35.5. The maximum Gasteiger partial charge on any atom is 0.128 e. The van der Waals surface area contributed by atoms with E-state index < -0.39 is 0 Å². The first-order valence-corrected chi connectivity index (χ1v) is 6.39. The zero-order chi connectivity index (χ0) is 12.3. The number of hydrogen-bond donors (Lipinski definition) is 1. The van der Waals surface area contributed by atoms with Crippen molar-refractivity contribution < 1.29 is 4.74 Å². The number of benzene rings is 1. The third-order valence-electron chi connectivity index (χ3n) is 2.39. The van der Waals surface area contributed by atoms with Crippen LogP contribution in [-0.4, -0.2) is 18.0 Å². The Balaban J connectivity index is 2.40. The van der Waals surface area contributed by atoms with Crippen LogP contribution in [0.3, 0.4) is 0 Å². The molecule has 0 radical (unpaired) electrons. The average molecular weight is 269 g/mol. The molecule has 0 saturated heterocycles. The molecule has 0 unspecified atom stereocenters. The normalized spacial score (nSPS) is 10.5. The molecule has 1 aromatic carbocycles. The van der Waals surface area contributed by atoms with E-state index in [4.69, 9.17) is 22.1 Å². The summed E-state index contributed by atoms with van der Waals surface area (Å²) in [6.07, 6.45) is 0.848. The fourth-order valence-electron chi connectivity index (χ4n) is 1.58. The van der Waals surface area contributed by atoms with Crippen molar-refractivity contribution in [2.24, 2.45) is 5.73 Å². The lowest BCUT2D eigenvalue weighted by molar-refractivity contribution is 0.416. The Kier molecular flexibility index (Phi) is 3.99. The van der Waals surface area contributed by atoms with Gasteiger partial charge in [-0.15, -0.1) is 0 Å². The highest BCUT2D eigenvalue weighted by Crippen LogP contribution is 2.33. The molecule has 1 heterocycles. The molecule has 0 spiro atoms. The second-order valence-electron chi connectivity index (χ2n) is 3.56. The van der Waals surface area contributed by atoms with Crippen molar-refractivity contribution in [3.05, 3.63) is 34.2 Å². The van der Waals surface area contributed by atoms with Crippen molar-refractivity contribution in [3.63, 3.8) is 0 Å². The molecule has 0 fully saturated rings. The number of nitrogens with two attached hydrogens (primary N) is 1. The van der Waals surface area contributed by atoms with E-state index in [0.29, 0.717) is 11.6 Å².